The lowest BCUT2D eigenvalue weighted by Crippen LogP contribution is -2.26. The van der Waals surface area contributed by atoms with Gasteiger partial charge in [-0.15, -0.1) is 0 Å². The number of rotatable bonds is 5. The molecule has 0 saturated carbocycles. The highest BCUT2D eigenvalue weighted by molar-refractivity contribution is 5.94. The highest BCUT2D eigenvalue weighted by Crippen LogP contribution is 2.25. The molecular formula is C23H20FNO2. The molecule has 0 saturated heterocycles. The number of hydrogen-bond donors (Lipinski definition) is 0. The van der Waals surface area contributed by atoms with Crippen LogP contribution >= 0.6 is 0 Å². The SMILES string of the molecule is Cc1cccc(C(=O)N(C)Cc2ccc(F)c(-c3cccc(C=O)c3)c2)c1. The number of amides is 1. The summed E-state index contributed by atoms with van der Waals surface area (Å²) in [6, 6.07) is 19.0. The van der Waals surface area contributed by atoms with Crippen LogP contribution < -0.4 is 0 Å². The first-order chi connectivity index (χ1) is 13.0. The molecule has 0 unspecified atom stereocenters. The van der Waals surface area contributed by atoms with Crippen LogP contribution in [-0.2, 0) is 6.54 Å². The van der Waals surface area contributed by atoms with Gasteiger partial charge in [0, 0.05) is 30.3 Å². The summed E-state index contributed by atoms with van der Waals surface area (Å²) in [6.07, 6.45) is 0.736. The van der Waals surface area contributed by atoms with Crippen molar-refractivity contribution in [1.29, 1.82) is 0 Å². The van der Waals surface area contributed by atoms with Crippen molar-refractivity contribution in [2.45, 2.75) is 13.5 Å². The van der Waals surface area contributed by atoms with Crippen molar-refractivity contribution < 1.29 is 14.0 Å². The summed E-state index contributed by atoms with van der Waals surface area (Å²) in [4.78, 5) is 25.2. The van der Waals surface area contributed by atoms with Crippen LogP contribution in [0.2, 0.25) is 0 Å². The predicted molar refractivity (Wildman–Crippen MR) is 104 cm³/mol. The molecule has 0 aromatic heterocycles. The standard InChI is InChI=1S/C23H20FNO2/c1-16-5-3-8-20(11-16)23(27)25(2)14-17-9-10-22(24)21(13-17)19-7-4-6-18(12-19)15-26/h3-13,15H,14H2,1-2H3. The fourth-order valence-corrected chi connectivity index (χ4v) is 3.02. The molecule has 0 N–H and O–H groups in total. The second-order valence-corrected chi connectivity index (χ2v) is 6.59. The number of carbonyl (C=O) groups is 2. The number of benzene rings is 3. The van der Waals surface area contributed by atoms with E-state index in [1.165, 1.54) is 6.07 Å². The highest BCUT2D eigenvalue weighted by Gasteiger charge is 2.14. The van der Waals surface area contributed by atoms with E-state index in [2.05, 4.69) is 0 Å². The molecule has 0 atom stereocenters. The molecule has 0 spiro atoms. The second kappa shape index (κ2) is 7.96. The van der Waals surface area contributed by atoms with Gasteiger partial charge in [-0.1, -0.05) is 42.0 Å². The Morgan fingerprint density at radius 3 is 2.56 bits per heavy atom. The molecule has 0 aliphatic carbocycles. The number of aryl methyl sites for hydroxylation is 1. The smallest absolute Gasteiger partial charge is 0.253 e. The predicted octanol–water partition coefficient (Wildman–Crippen LogP) is 4.89. The van der Waals surface area contributed by atoms with Gasteiger partial charge in [0.05, 0.1) is 0 Å². The average Bonchev–Trinajstić information content (AvgIpc) is 2.68. The molecule has 1 amide bonds. The molecule has 0 heterocycles. The second-order valence-electron chi connectivity index (χ2n) is 6.59. The average molecular weight is 361 g/mol. The van der Waals surface area contributed by atoms with Crippen LogP contribution in [0.4, 0.5) is 4.39 Å². The summed E-state index contributed by atoms with van der Waals surface area (Å²) in [5.41, 5.74) is 3.99. The minimum Gasteiger partial charge on any atom is -0.337 e. The van der Waals surface area contributed by atoms with Crippen LogP contribution in [0.1, 0.15) is 31.8 Å². The molecule has 3 rings (SSSR count). The number of hydrogen-bond acceptors (Lipinski definition) is 2. The molecular weight excluding hydrogens is 341 g/mol. The van der Waals surface area contributed by atoms with Gasteiger partial charge in [-0.3, -0.25) is 9.59 Å². The zero-order valence-electron chi connectivity index (χ0n) is 15.3. The maximum atomic E-state index is 14.3. The van der Waals surface area contributed by atoms with E-state index in [-0.39, 0.29) is 11.7 Å². The van der Waals surface area contributed by atoms with Gasteiger partial charge >= 0.3 is 0 Å². The van der Waals surface area contributed by atoms with Gasteiger partial charge in [0.2, 0.25) is 0 Å². The van der Waals surface area contributed by atoms with Crippen LogP contribution in [0.25, 0.3) is 11.1 Å². The largest absolute Gasteiger partial charge is 0.337 e. The molecule has 3 nitrogen and oxygen atoms in total. The van der Waals surface area contributed by atoms with E-state index in [1.807, 2.05) is 25.1 Å². The number of nitrogens with zero attached hydrogens (tertiary/aromatic N) is 1. The zero-order valence-corrected chi connectivity index (χ0v) is 15.3. The van der Waals surface area contributed by atoms with E-state index in [1.54, 1.807) is 54.4 Å². The van der Waals surface area contributed by atoms with Gasteiger partial charge in [0.1, 0.15) is 12.1 Å². The maximum Gasteiger partial charge on any atom is 0.253 e. The van der Waals surface area contributed by atoms with E-state index in [0.717, 1.165) is 17.4 Å². The molecule has 4 heteroatoms. The normalized spacial score (nSPS) is 10.5. The zero-order chi connectivity index (χ0) is 19.4. The fourth-order valence-electron chi connectivity index (χ4n) is 3.02. The van der Waals surface area contributed by atoms with Crippen LogP contribution in [0.3, 0.4) is 0 Å². The third kappa shape index (κ3) is 4.29. The van der Waals surface area contributed by atoms with Gasteiger partial charge in [0.15, 0.2) is 0 Å². The summed E-state index contributed by atoms with van der Waals surface area (Å²) in [6.45, 7) is 2.30. The first kappa shape index (κ1) is 18.5. The Morgan fingerprint density at radius 2 is 1.81 bits per heavy atom. The molecule has 0 aliphatic heterocycles. The first-order valence-corrected chi connectivity index (χ1v) is 8.64. The van der Waals surface area contributed by atoms with Crippen molar-refractivity contribution in [1.82, 2.24) is 4.90 Å². The van der Waals surface area contributed by atoms with Crippen molar-refractivity contribution in [2.75, 3.05) is 7.05 Å². The van der Waals surface area contributed by atoms with Crippen LogP contribution in [0.5, 0.6) is 0 Å². The molecule has 0 radical (unpaired) electrons. The van der Waals surface area contributed by atoms with Crippen molar-refractivity contribution >= 4 is 12.2 Å². The summed E-state index contributed by atoms with van der Waals surface area (Å²) in [5.74, 6) is -0.456. The Morgan fingerprint density at radius 1 is 1.04 bits per heavy atom. The molecule has 136 valence electrons. The molecule has 3 aromatic carbocycles. The third-order valence-electron chi connectivity index (χ3n) is 4.40. The van der Waals surface area contributed by atoms with Gasteiger partial charge < -0.3 is 4.90 Å². The van der Waals surface area contributed by atoms with Crippen molar-refractivity contribution in [3.8, 4) is 11.1 Å². The fraction of sp³-hybridized carbons (Fsp3) is 0.130. The molecule has 0 bridgehead atoms. The van der Waals surface area contributed by atoms with Gasteiger partial charge in [-0.05, 0) is 48.4 Å². The summed E-state index contributed by atoms with van der Waals surface area (Å²) in [5, 5.41) is 0. The highest BCUT2D eigenvalue weighted by atomic mass is 19.1. The van der Waals surface area contributed by atoms with E-state index in [4.69, 9.17) is 0 Å². The minimum absolute atomic E-state index is 0.0903. The monoisotopic (exact) mass is 361 g/mol. The molecule has 0 fully saturated rings. The van der Waals surface area contributed by atoms with E-state index in [0.29, 0.717) is 28.8 Å². The van der Waals surface area contributed by atoms with Gasteiger partial charge in [-0.25, -0.2) is 4.39 Å². The maximum absolute atomic E-state index is 14.3. The Labute approximate surface area is 158 Å². The Hall–Kier alpha value is -3.27. The van der Waals surface area contributed by atoms with Crippen LogP contribution in [0.15, 0.2) is 66.7 Å². The Kier molecular flexibility index (Phi) is 5.46. The number of halogens is 1. The summed E-state index contributed by atoms with van der Waals surface area (Å²) < 4.78 is 14.3. The molecule has 27 heavy (non-hydrogen) atoms. The minimum atomic E-state index is -0.366. The third-order valence-corrected chi connectivity index (χ3v) is 4.40. The van der Waals surface area contributed by atoms with Gasteiger partial charge in [-0.2, -0.15) is 0 Å². The first-order valence-electron chi connectivity index (χ1n) is 8.64. The molecule has 3 aromatic rings. The van der Waals surface area contributed by atoms with Gasteiger partial charge in [0.25, 0.3) is 5.91 Å². The van der Waals surface area contributed by atoms with Crippen LogP contribution in [0, 0.1) is 12.7 Å². The molecule has 0 aliphatic rings. The quantitative estimate of drug-likeness (QED) is 0.607. The van der Waals surface area contributed by atoms with E-state index < -0.39 is 0 Å². The van der Waals surface area contributed by atoms with E-state index >= 15 is 0 Å². The number of carbonyl (C=O) groups excluding carboxylic acids is 2. The lowest BCUT2D eigenvalue weighted by molar-refractivity contribution is 0.0785. The Bertz CT molecular complexity index is 997. The summed E-state index contributed by atoms with van der Waals surface area (Å²) in [7, 11) is 1.72. The van der Waals surface area contributed by atoms with Crippen molar-refractivity contribution in [3.63, 3.8) is 0 Å². The van der Waals surface area contributed by atoms with Crippen molar-refractivity contribution in [3.05, 3.63) is 94.8 Å². The van der Waals surface area contributed by atoms with Crippen molar-refractivity contribution in [2.24, 2.45) is 0 Å². The summed E-state index contributed by atoms with van der Waals surface area (Å²) >= 11 is 0. The van der Waals surface area contributed by atoms with E-state index in [9.17, 15) is 14.0 Å². The van der Waals surface area contributed by atoms with Crippen LogP contribution in [-0.4, -0.2) is 24.1 Å². The lowest BCUT2D eigenvalue weighted by Gasteiger charge is -2.18. The number of aldehydes is 1. The lowest BCUT2D eigenvalue weighted by atomic mass is 10.0. The Balaban J connectivity index is 1.85. The topological polar surface area (TPSA) is 37.4 Å².